The van der Waals surface area contributed by atoms with E-state index in [2.05, 4.69) is 20.9 Å². The van der Waals surface area contributed by atoms with E-state index in [0.29, 0.717) is 5.41 Å². The van der Waals surface area contributed by atoms with Crippen molar-refractivity contribution in [3.8, 4) is 0 Å². The van der Waals surface area contributed by atoms with Crippen LogP contribution >= 0.6 is 0 Å². The highest BCUT2D eigenvalue weighted by Gasteiger charge is 2.71. The van der Waals surface area contributed by atoms with E-state index in [0.717, 1.165) is 66.2 Å². The minimum absolute atomic E-state index is 0.551. The fourth-order valence-electron chi connectivity index (χ4n) is 13.7. The molecule has 3 saturated carbocycles. The molecule has 8 rings (SSSR count). The number of hydrogen-bond acceptors (Lipinski definition) is 4. The van der Waals surface area contributed by atoms with E-state index in [1.165, 1.54) is 148 Å². The highest BCUT2D eigenvalue weighted by Crippen LogP contribution is 2.67. The number of piperidine rings is 4. The highest BCUT2D eigenvalue weighted by atomic mass is 15.3. The minimum atomic E-state index is 0.551. The topological polar surface area (TPSA) is 39.3 Å². The Labute approximate surface area is 240 Å². The Morgan fingerprint density at radius 2 is 1.10 bits per heavy atom. The molecule has 5 saturated heterocycles. The van der Waals surface area contributed by atoms with Crippen LogP contribution in [0.15, 0.2) is 0 Å². The van der Waals surface area contributed by atoms with Crippen LogP contribution in [0, 0.1) is 29.1 Å². The second-order valence-corrected chi connectivity index (χ2v) is 15.8. The highest BCUT2D eigenvalue weighted by molar-refractivity contribution is 6.64. The first kappa shape index (κ1) is 26.5. The van der Waals surface area contributed by atoms with Gasteiger partial charge in [-0.3, -0.25) is 4.90 Å². The van der Waals surface area contributed by atoms with E-state index in [1.54, 1.807) is 0 Å². The zero-order chi connectivity index (χ0) is 25.8. The lowest BCUT2D eigenvalue weighted by molar-refractivity contribution is -0.212. The summed E-state index contributed by atoms with van der Waals surface area (Å²) in [6, 6.07) is 2.63. The molecule has 1 spiro atoms. The summed E-state index contributed by atoms with van der Waals surface area (Å²) in [5.74, 6) is 6.19. The van der Waals surface area contributed by atoms with Gasteiger partial charge in [0.05, 0.1) is 0 Å². The van der Waals surface area contributed by atoms with Crippen molar-refractivity contribution in [3.05, 3.63) is 0 Å². The molecule has 5 heteroatoms. The second-order valence-electron chi connectivity index (χ2n) is 15.8. The molecule has 0 bridgehead atoms. The van der Waals surface area contributed by atoms with Gasteiger partial charge in [0, 0.05) is 24.7 Å². The molecule has 3 N–H and O–H groups in total. The number of rotatable bonds is 2. The lowest BCUT2D eigenvalue weighted by Crippen LogP contribution is -2.82. The van der Waals surface area contributed by atoms with Gasteiger partial charge < -0.3 is 16.0 Å². The zero-order valence-corrected chi connectivity index (χ0v) is 25.1. The second kappa shape index (κ2) is 11.2. The molecular weight excluding hydrogens is 475 g/mol. The van der Waals surface area contributed by atoms with Crippen molar-refractivity contribution in [1.82, 2.24) is 20.9 Å². The van der Waals surface area contributed by atoms with Crippen molar-refractivity contribution < 1.29 is 0 Å². The van der Waals surface area contributed by atoms with Gasteiger partial charge in [0.25, 0.3) is 0 Å². The number of fused-ring (bicyclic) bond motifs is 8. The first-order valence-electron chi connectivity index (χ1n) is 18.3. The summed E-state index contributed by atoms with van der Waals surface area (Å²) in [5.41, 5.74) is 0.551. The standard InChI is InChI=1S/C34H59BN4/c1-3-11-24(12-4-1)35-32-27(16-9-20-37-32)34(28-17-10-21-38-33(28)35)26-15-7-8-18-30(26)39(25-13-5-2-6-14-25)31-19-22-36-23-29(31)34/h24-33,36-38H,1-23H2. The molecule has 39 heavy (non-hydrogen) atoms. The van der Waals surface area contributed by atoms with Crippen LogP contribution in [0.4, 0.5) is 0 Å². The SMILES string of the molecule is C1CCC(B2C3NCCCC3C3(C4CCCNC24)C2CCCCC2N(C2CCCCC2)C2CCNCC23)CC1. The average Bonchev–Trinajstić information content (AvgIpc) is 3.02. The van der Waals surface area contributed by atoms with Gasteiger partial charge in [-0.1, -0.05) is 70.0 Å². The maximum atomic E-state index is 4.36. The first-order valence-corrected chi connectivity index (χ1v) is 18.3. The number of nitrogens with one attached hydrogen (secondary N) is 3. The van der Waals surface area contributed by atoms with Gasteiger partial charge in [-0.25, -0.2) is 0 Å². The van der Waals surface area contributed by atoms with Crippen LogP contribution in [0.2, 0.25) is 5.82 Å². The fraction of sp³-hybridized carbons (Fsp3) is 1.00. The molecule has 0 amide bonds. The molecule has 0 radical (unpaired) electrons. The quantitative estimate of drug-likeness (QED) is 0.391. The van der Waals surface area contributed by atoms with Crippen LogP contribution in [-0.4, -0.2) is 67.8 Å². The molecule has 0 aromatic rings. The summed E-state index contributed by atoms with van der Waals surface area (Å²) in [4.78, 5) is 3.31. The van der Waals surface area contributed by atoms with Gasteiger partial charge in [0.1, 0.15) is 0 Å². The first-order chi connectivity index (χ1) is 19.4. The van der Waals surface area contributed by atoms with Crippen LogP contribution in [0.1, 0.15) is 122 Å². The van der Waals surface area contributed by atoms with Gasteiger partial charge >= 0.3 is 0 Å². The predicted molar refractivity (Wildman–Crippen MR) is 163 cm³/mol. The summed E-state index contributed by atoms with van der Waals surface area (Å²) >= 11 is 0. The summed E-state index contributed by atoms with van der Waals surface area (Å²) in [7, 11) is 0. The van der Waals surface area contributed by atoms with E-state index < -0.39 is 0 Å². The Hall–Kier alpha value is -0.0951. The molecule has 3 aliphatic carbocycles. The molecular formula is C34H59BN4. The van der Waals surface area contributed by atoms with Crippen molar-refractivity contribution in [2.45, 2.75) is 158 Å². The maximum Gasteiger partial charge on any atom is 0.183 e. The Balaban J connectivity index is 1.26. The molecule has 8 atom stereocenters. The van der Waals surface area contributed by atoms with Crippen molar-refractivity contribution in [1.29, 1.82) is 0 Å². The lowest BCUT2D eigenvalue weighted by Gasteiger charge is -2.74. The van der Waals surface area contributed by atoms with Gasteiger partial charge in [0.15, 0.2) is 6.71 Å². The molecule has 5 heterocycles. The monoisotopic (exact) mass is 534 g/mol. The Bertz CT molecular complexity index is 720. The van der Waals surface area contributed by atoms with Crippen LogP contribution in [-0.2, 0) is 0 Å². The van der Waals surface area contributed by atoms with Crippen molar-refractivity contribution in [2.24, 2.45) is 29.1 Å². The van der Waals surface area contributed by atoms with Gasteiger partial charge in [-0.15, -0.1) is 0 Å². The Kier molecular flexibility index (Phi) is 7.62. The molecule has 8 aliphatic rings. The van der Waals surface area contributed by atoms with E-state index in [-0.39, 0.29) is 0 Å². The van der Waals surface area contributed by atoms with Crippen LogP contribution in [0.3, 0.4) is 0 Å². The lowest BCUT2D eigenvalue weighted by atomic mass is 9.19. The number of nitrogens with zero attached hydrogens (tertiary/aromatic N) is 1. The molecule has 218 valence electrons. The summed E-state index contributed by atoms with van der Waals surface area (Å²) < 4.78 is 0. The molecule has 8 fully saturated rings. The third kappa shape index (κ3) is 4.20. The smallest absolute Gasteiger partial charge is 0.183 e. The molecule has 8 unspecified atom stereocenters. The van der Waals surface area contributed by atoms with E-state index in [4.69, 9.17) is 0 Å². The molecule has 4 nitrogen and oxygen atoms in total. The van der Waals surface area contributed by atoms with Crippen LogP contribution in [0.5, 0.6) is 0 Å². The normalized spacial score (nSPS) is 48.2. The van der Waals surface area contributed by atoms with Crippen LogP contribution < -0.4 is 16.0 Å². The van der Waals surface area contributed by atoms with Crippen molar-refractivity contribution in [3.63, 3.8) is 0 Å². The van der Waals surface area contributed by atoms with Crippen molar-refractivity contribution in [2.75, 3.05) is 26.2 Å². The maximum absolute atomic E-state index is 4.36. The zero-order valence-electron chi connectivity index (χ0n) is 25.1. The predicted octanol–water partition coefficient (Wildman–Crippen LogP) is 5.82. The largest absolute Gasteiger partial charge is 0.321 e. The Morgan fingerprint density at radius 1 is 0.513 bits per heavy atom. The van der Waals surface area contributed by atoms with Gasteiger partial charge in [-0.2, -0.15) is 0 Å². The fourth-order valence-corrected chi connectivity index (χ4v) is 13.7. The third-order valence-electron chi connectivity index (χ3n) is 14.5. The summed E-state index contributed by atoms with van der Waals surface area (Å²) in [6.45, 7) is 6.04. The van der Waals surface area contributed by atoms with Crippen LogP contribution in [0.25, 0.3) is 0 Å². The van der Waals surface area contributed by atoms with E-state index in [1.807, 2.05) is 0 Å². The van der Waals surface area contributed by atoms with Gasteiger partial charge in [0.2, 0.25) is 0 Å². The van der Waals surface area contributed by atoms with Crippen molar-refractivity contribution >= 4 is 6.71 Å². The summed E-state index contributed by atoms with van der Waals surface area (Å²) in [6.07, 6.45) is 28.4. The molecule has 0 aromatic carbocycles. The van der Waals surface area contributed by atoms with Gasteiger partial charge in [-0.05, 0) is 118 Å². The summed E-state index contributed by atoms with van der Waals surface area (Å²) in [5, 5.41) is 12.8. The number of likely N-dealkylation sites (tertiary alicyclic amines) is 1. The number of hydrogen-bond donors (Lipinski definition) is 3. The Morgan fingerprint density at radius 3 is 1.82 bits per heavy atom. The third-order valence-corrected chi connectivity index (χ3v) is 14.5. The average molecular weight is 535 g/mol. The minimum Gasteiger partial charge on any atom is -0.321 e. The molecule has 5 aliphatic heterocycles. The van der Waals surface area contributed by atoms with E-state index in [9.17, 15) is 0 Å². The van der Waals surface area contributed by atoms with E-state index >= 15 is 0 Å². The molecule has 0 aromatic heterocycles.